The molecule has 146 valence electrons. The average molecular weight is 387 g/mol. The van der Waals surface area contributed by atoms with E-state index in [1.54, 1.807) is 11.3 Å². The van der Waals surface area contributed by atoms with E-state index in [2.05, 4.69) is 47.0 Å². The molecule has 0 fully saturated rings. The molecule has 0 atom stereocenters. The number of guanidine groups is 1. The SMILES string of the molecule is CCCC(=O)Nc1ccc(CN=C(NCC)N(C)CCc2cccs2)cc1. The normalized spacial score (nSPS) is 11.3. The van der Waals surface area contributed by atoms with Gasteiger partial charge in [0.2, 0.25) is 5.91 Å². The Morgan fingerprint density at radius 2 is 1.96 bits per heavy atom. The first-order valence-electron chi connectivity index (χ1n) is 9.53. The molecule has 0 saturated carbocycles. The molecule has 2 aromatic rings. The molecule has 0 bridgehead atoms. The summed E-state index contributed by atoms with van der Waals surface area (Å²) in [5.41, 5.74) is 1.95. The Kier molecular flexibility index (Phi) is 8.84. The van der Waals surface area contributed by atoms with Crippen LogP contribution < -0.4 is 10.6 Å². The van der Waals surface area contributed by atoms with E-state index in [4.69, 9.17) is 4.99 Å². The largest absolute Gasteiger partial charge is 0.357 e. The number of anilines is 1. The summed E-state index contributed by atoms with van der Waals surface area (Å²) in [7, 11) is 2.07. The van der Waals surface area contributed by atoms with E-state index in [-0.39, 0.29) is 5.91 Å². The quantitative estimate of drug-likeness (QED) is 0.503. The summed E-state index contributed by atoms with van der Waals surface area (Å²) in [4.78, 5) is 20.0. The minimum Gasteiger partial charge on any atom is -0.357 e. The Balaban J connectivity index is 1.91. The van der Waals surface area contributed by atoms with Gasteiger partial charge in [0, 0.05) is 37.1 Å². The minimum absolute atomic E-state index is 0.0602. The van der Waals surface area contributed by atoms with Crippen LogP contribution in [0.2, 0.25) is 0 Å². The van der Waals surface area contributed by atoms with E-state index in [9.17, 15) is 4.79 Å². The molecule has 27 heavy (non-hydrogen) atoms. The molecule has 6 heteroatoms. The van der Waals surface area contributed by atoms with Crippen LogP contribution in [0.25, 0.3) is 0 Å². The van der Waals surface area contributed by atoms with Crippen molar-refractivity contribution in [2.75, 3.05) is 25.5 Å². The van der Waals surface area contributed by atoms with Crippen LogP contribution in [0.15, 0.2) is 46.8 Å². The van der Waals surface area contributed by atoms with Gasteiger partial charge in [-0.25, -0.2) is 4.99 Å². The maximum absolute atomic E-state index is 11.7. The summed E-state index contributed by atoms with van der Waals surface area (Å²) in [5, 5.41) is 8.38. The highest BCUT2D eigenvalue weighted by Crippen LogP contribution is 2.12. The molecule has 5 nitrogen and oxygen atoms in total. The molecule has 1 heterocycles. The van der Waals surface area contributed by atoms with Crippen LogP contribution in [0.1, 0.15) is 37.1 Å². The summed E-state index contributed by atoms with van der Waals surface area (Å²) in [6.45, 7) is 6.45. The molecular formula is C21H30N4OS. The number of aliphatic imine (C=N–C) groups is 1. The van der Waals surface area contributed by atoms with Gasteiger partial charge in [-0.3, -0.25) is 4.79 Å². The van der Waals surface area contributed by atoms with Gasteiger partial charge in [-0.2, -0.15) is 0 Å². The molecule has 1 aromatic heterocycles. The zero-order valence-corrected chi connectivity index (χ0v) is 17.3. The molecule has 0 unspecified atom stereocenters. The van der Waals surface area contributed by atoms with Gasteiger partial charge in [0.1, 0.15) is 0 Å². The number of thiophene rings is 1. The number of carbonyl (C=O) groups excluding carboxylic acids is 1. The number of hydrogen-bond donors (Lipinski definition) is 2. The van der Waals surface area contributed by atoms with Gasteiger partial charge in [0.15, 0.2) is 5.96 Å². The first-order chi connectivity index (χ1) is 13.1. The fraction of sp³-hybridized carbons (Fsp3) is 0.429. The van der Waals surface area contributed by atoms with E-state index in [1.807, 2.05) is 31.2 Å². The molecule has 2 rings (SSSR count). The lowest BCUT2D eigenvalue weighted by Crippen LogP contribution is -2.39. The van der Waals surface area contributed by atoms with Crippen molar-refractivity contribution < 1.29 is 4.79 Å². The Morgan fingerprint density at radius 3 is 2.59 bits per heavy atom. The number of nitrogens with one attached hydrogen (secondary N) is 2. The second-order valence-corrected chi connectivity index (χ2v) is 7.45. The van der Waals surface area contributed by atoms with E-state index in [0.717, 1.165) is 43.1 Å². The Labute approximate surface area is 166 Å². The van der Waals surface area contributed by atoms with Crippen molar-refractivity contribution in [1.82, 2.24) is 10.2 Å². The number of likely N-dealkylation sites (N-methyl/N-ethyl adjacent to an activating group) is 1. The lowest BCUT2D eigenvalue weighted by Gasteiger charge is -2.21. The molecule has 2 N–H and O–H groups in total. The van der Waals surface area contributed by atoms with Crippen molar-refractivity contribution in [2.45, 2.75) is 39.7 Å². The zero-order chi connectivity index (χ0) is 19.5. The molecule has 0 radical (unpaired) electrons. The summed E-state index contributed by atoms with van der Waals surface area (Å²) in [6.07, 6.45) is 2.42. The van der Waals surface area contributed by atoms with Crippen molar-refractivity contribution in [1.29, 1.82) is 0 Å². The van der Waals surface area contributed by atoms with Crippen LogP contribution in [-0.2, 0) is 17.8 Å². The summed E-state index contributed by atoms with van der Waals surface area (Å²) in [5.74, 6) is 0.972. The Bertz CT molecular complexity index is 710. The number of rotatable bonds is 9. The lowest BCUT2D eigenvalue weighted by atomic mass is 10.2. The van der Waals surface area contributed by atoms with Crippen LogP contribution in [0.4, 0.5) is 5.69 Å². The third kappa shape index (κ3) is 7.43. The van der Waals surface area contributed by atoms with Gasteiger partial charge < -0.3 is 15.5 Å². The summed E-state index contributed by atoms with van der Waals surface area (Å²) < 4.78 is 0. The number of benzene rings is 1. The smallest absolute Gasteiger partial charge is 0.224 e. The van der Waals surface area contributed by atoms with Gasteiger partial charge >= 0.3 is 0 Å². The molecule has 0 aliphatic carbocycles. The van der Waals surface area contributed by atoms with Crippen molar-refractivity contribution >= 4 is 28.9 Å². The van der Waals surface area contributed by atoms with Crippen LogP contribution in [-0.4, -0.2) is 36.9 Å². The summed E-state index contributed by atoms with van der Waals surface area (Å²) >= 11 is 1.79. The van der Waals surface area contributed by atoms with Gasteiger partial charge in [-0.05, 0) is 48.9 Å². The van der Waals surface area contributed by atoms with E-state index < -0.39 is 0 Å². The second-order valence-electron chi connectivity index (χ2n) is 6.42. The predicted octanol–water partition coefficient (Wildman–Crippen LogP) is 4.13. The highest BCUT2D eigenvalue weighted by molar-refractivity contribution is 7.09. The highest BCUT2D eigenvalue weighted by Gasteiger charge is 2.06. The maximum Gasteiger partial charge on any atom is 0.224 e. The van der Waals surface area contributed by atoms with Crippen LogP contribution in [0.5, 0.6) is 0 Å². The van der Waals surface area contributed by atoms with Crippen molar-refractivity contribution in [2.24, 2.45) is 4.99 Å². The molecule has 0 aliphatic heterocycles. The number of nitrogens with zero attached hydrogens (tertiary/aromatic N) is 2. The zero-order valence-electron chi connectivity index (χ0n) is 16.5. The van der Waals surface area contributed by atoms with Crippen molar-refractivity contribution in [3.05, 3.63) is 52.2 Å². The van der Waals surface area contributed by atoms with E-state index in [0.29, 0.717) is 13.0 Å². The third-order valence-corrected chi connectivity index (χ3v) is 5.03. The Morgan fingerprint density at radius 1 is 1.19 bits per heavy atom. The predicted molar refractivity (Wildman–Crippen MR) is 115 cm³/mol. The first kappa shape index (κ1) is 21.0. The molecular weight excluding hydrogens is 356 g/mol. The van der Waals surface area contributed by atoms with Crippen LogP contribution in [0, 0.1) is 0 Å². The van der Waals surface area contributed by atoms with Crippen molar-refractivity contribution in [3.63, 3.8) is 0 Å². The van der Waals surface area contributed by atoms with Gasteiger partial charge in [0.05, 0.1) is 6.54 Å². The second kappa shape index (κ2) is 11.4. The van der Waals surface area contributed by atoms with Gasteiger partial charge in [-0.1, -0.05) is 25.1 Å². The number of hydrogen-bond acceptors (Lipinski definition) is 3. The van der Waals surface area contributed by atoms with Gasteiger partial charge in [-0.15, -0.1) is 11.3 Å². The molecule has 1 amide bonds. The Hall–Kier alpha value is -2.34. The van der Waals surface area contributed by atoms with E-state index >= 15 is 0 Å². The maximum atomic E-state index is 11.7. The van der Waals surface area contributed by atoms with E-state index in [1.165, 1.54) is 4.88 Å². The fourth-order valence-corrected chi connectivity index (χ4v) is 3.32. The highest BCUT2D eigenvalue weighted by atomic mass is 32.1. The van der Waals surface area contributed by atoms with Gasteiger partial charge in [0.25, 0.3) is 0 Å². The monoisotopic (exact) mass is 386 g/mol. The molecule has 0 spiro atoms. The number of carbonyl (C=O) groups is 1. The fourth-order valence-electron chi connectivity index (χ4n) is 2.62. The standard InChI is InChI=1S/C21H30N4OS/c1-4-7-20(26)24-18-11-9-17(10-12-18)16-23-21(22-5-2)25(3)14-13-19-8-6-15-27-19/h6,8-12,15H,4-5,7,13-14,16H2,1-3H3,(H,22,23)(H,24,26). The first-order valence-corrected chi connectivity index (χ1v) is 10.4. The summed E-state index contributed by atoms with van der Waals surface area (Å²) in [6, 6.07) is 12.2. The molecule has 0 aliphatic rings. The van der Waals surface area contributed by atoms with Crippen molar-refractivity contribution in [3.8, 4) is 0 Å². The topological polar surface area (TPSA) is 56.7 Å². The van der Waals surface area contributed by atoms with Crippen LogP contribution in [0.3, 0.4) is 0 Å². The minimum atomic E-state index is 0.0602. The number of amides is 1. The lowest BCUT2D eigenvalue weighted by molar-refractivity contribution is -0.116. The molecule has 0 saturated heterocycles. The van der Waals surface area contributed by atoms with Crippen LogP contribution >= 0.6 is 11.3 Å². The average Bonchev–Trinajstić information content (AvgIpc) is 3.18. The third-order valence-electron chi connectivity index (χ3n) is 4.10. The molecule has 1 aromatic carbocycles.